The Bertz CT molecular complexity index is 391. The molecule has 112 valence electrons. The van der Waals surface area contributed by atoms with Gasteiger partial charge in [-0.3, -0.25) is 4.79 Å². The van der Waals surface area contributed by atoms with Crippen molar-refractivity contribution in [1.29, 1.82) is 0 Å². The lowest BCUT2D eigenvalue weighted by Crippen LogP contribution is -2.48. The molecule has 0 spiro atoms. The SMILES string of the molecule is CCCCN(C(=O)C(N)Cc1ccccc1)C(C)CC. The molecule has 3 nitrogen and oxygen atoms in total. The van der Waals surface area contributed by atoms with Gasteiger partial charge in [-0.05, 0) is 31.7 Å². The number of benzene rings is 1. The molecule has 0 fully saturated rings. The lowest BCUT2D eigenvalue weighted by molar-refractivity contribution is -0.134. The quantitative estimate of drug-likeness (QED) is 0.793. The molecule has 0 saturated heterocycles. The first-order valence-corrected chi connectivity index (χ1v) is 7.70. The molecule has 2 unspecified atom stereocenters. The minimum atomic E-state index is -0.441. The fourth-order valence-corrected chi connectivity index (χ4v) is 2.26. The number of amides is 1. The highest BCUT2D eigenvalue weighted by Crippen LogP contribution is 2.10. The van der Waals surface area contributed by atoms with Crippen molar-refractivity contribution in [2.75, 3.05) is 6.54 Å². The van der Waals surface area contributed by atoms with Gasteiger partial charge >= 0.3 is 0 Å². The molecule has 1 aromatic rings. The van der Waals surface area contributed by atoms with E-state index in [0.717, 1.165) is 31.4 Å². The average Bonchev–Trinajstić information content (AvgIpc) is 2.48. The van der Waals surface area contributed by atoms with Gasteiger partial charge in [-0.15, -0.1) is 0 Å². The Morgan fingerprint density at radius 1 is 1.25 bits per heavy atom. The van der Waals surface area contributed by atoms with E-state index in [1.807, 2.05) is 35.2 Å². The molecule has 0 aromatic heterocycles. The Morgan fingerprint density at radius 3 is 2.45 bits per heavy atom. The molecule has 20 heavy (non-hydrogen) atoms. The Morgan fingerprint density at radius 2 is 1.90 bits per heavy atom. The van der Waals surface area contributed by atoms with Gasteiger partial charge in [0.2, 0.25) is 5.91 Å². The monoisotopic (exact) mass is 276 g/mol. The molecule has 0 radical (unpaired) electrons. The molecule has 3 heteroatoms. The van der Waals surface area contributed by atoms with Crippen LogP contribution in [0.1, 0.15) is 45.6 Å². The van der Waals surface area contributed by atoms with Crippen molar-refractivity contribution in [3.05, 3.63) is 35.9 Å². The Labute approximate surface area is 123 Å². The summed E-state index contributed by atoms with van der Waals surface area (Å²) in [4.78, 5) is 14.5. The van der Waals surface area contributed by atoms with Crippen LogP contribution in [0.4, 0.5) is 0 Å². The predicted octanol–water partition coefficient (Wildman–Crippen LogP) is 2.98. The Kier molecular flexibility index (Phi) is 7.31. The zero-order valence-corrected chi connectivity index (χ0v) is 13.0. The molecular weight excluding hydrogens is 248 g/mol. The lowest BCUT2D eigenvalue weighted by atomic mass is 10.0. The van der Waals surface area contributed by atoms with Crippen LogP contribution in [0.25, 0.3) is 0 Å². The van der Waals surface area contributed by atoms with Crippen molar-refractivity contribution in [3.63, 3.8) is 0 Å². The van der Waals surface area contributed by atoms with E-state index in [1.54, 1.807) is 0 Å². The van der Waals surface area contributed by atoms with Crippen LogP contribution in [0.5, 0.6) is 0 Å². The molecule has 0 saturated carbocycles. The summed E-state index contributed by atoms with van der Waals surface area (Å²) in [6, 6.07) is 9.80. The van der Waals surface area contributed by atoms with Gasteiger partial charge in [0.15, 0.2) is 0 Å². The summed E-state index contributed by atoms with van der Waals surface area (Å²) in [5, 5.41) is 0. The molecule has 0 bridgehead atoms. The first-order chi connectivity index (χ1) is 9.60. The van der Waals surface area contributed by atoms with Gasteiger partial charge in [-0.1, -0.05) is 50.6 Å². The number of carbonyl (C=O) groups excluding carboxylic acids is 1. The van der Waals surface area contributed by atoms with E-state index >= 15 is 0 Å². The molecular formula is C17H28N2O. The van der Waals surface area contributed by atoms with E-state index in [1.165, 1.54) is 0 Å². The number of rotatable bonds is 8. The Hall–Kier alpha value is -1.35. The molecule has 0 heterocycles. The summed E-state index contributed by atoms with van der Waals surface area (Å²) in [5.41, 5.74) is 7.24. The molecule has 1 rings (SSSR count). The van der Waals surface area contributed by atoms with Gasteiger partial charge in [-0.2, -0.15) is 0 Å². The maximum Gasteiger partial charge on any atom is 0.240 e. The van der Waals surface area contributed by atoms with Crippen molar-refractivity contribution in [2.24, 2.45) is 5.73 Å². The highest BCUT2D eigenvalue weighted by molar-refractivity contribution is 5.82. The van der Waals surface area contributed by atoms with Gasteiger partial charge in [0, 0.05) is 12.6 Å². The highest BCUT2D eigenvalue weighted by Gasteiger charge is 2.24. The third-order valence-electron chi connectivity index (χ3n) is 3.77. The van der Waals surface area contributed by atoms with E-state index in [4.69, 9.17) is 5.73 Å². The molecule has 0 aliphatic heterocycles. The fraction of sp³-hybridized carbons (Fsp3) is 0.588. The second-order valence-electron chi connectivity index (χ2n) is 5.44. The normalized spacial score (nSPS) is 13.8. The summed E-state index contributed by atoms with van der Waals surface area (Å²) in [6.45, 7) is 7.17. The molecule has 0 aliphatic carbocycles. The number of nitrogens with two attached hydrogens (primary N) is 1. The topological polar surface area (TPSA) is 46.3 Å². The maximum atomic E-state index is 12.6. The molecule has 2 N–H and O–H groups in total. The van der Waals surface area contributed by atoms with Crippen molar-refractivity contribution in [3.8, 4) is 0 Å². The van der Waals surface area contributed by atoms with Crippen molar-refractivity contribution >= 4 is 5.91 Å². The van der Waals surface area contributed by atoms with Crippen LogP contribution < -0.4 is 5.73 Å². The summed E-state index contributed by atoms with van der Waals surface area (Å²) in [5.74, 6) is 0.0802. The van der Waals surface area contributed by atoms with E-state index in [9.17, 15) is 4.79 Å². The van der Waals surface area contributed by atoms with Crippen LogP contribution in [0.15, 0.2) is 30.3 Å². The number of hydrogen-bond donors (Lipinski definition) is 1. The minimum absolute atomic E-state index is 0.0802. The van der Waals surface area contributed by atoms with E-state index in [2.05, 4.69) is 20.8 Å². The average molecular weight is 276 g/mol. The van der Waals surface area contributed by atoms with Crippen LogP contribution in [-0.4, -0.2) is 29.4 Å². The van der Waals surface area contributed by atoms with Crippen LogP contribution >= 0.6 is 0 Å². The standard InChI is InChI=1S/C17H28N2O/c1-4-6-12-19(14(3)5-2)17(20)16(18)13-15-10-8-7-9-11-15/h7-11,14,16H,4-6,12-13,18H2,1-3H3. The molecule has 1 amide bonds. The van der Waals surface area contributed by atoms with Crippen LogP contribution in [0.2, 0.25) is 0 Å². The van der Waals surface area contributed by atoms with Crippen molar-refractivity contribution in [1.82, 2.24) is 4.90 Å². The van der Waals surface area contributed by atoms with Crippen molar-refractivity contribution < 1.29 is 4.79 Å². The minimum Gasteiger partial charge on any atom is -0.339 e. The summed E-state index contributed by atoms with van der Waals surface area (Å²) in [6.07, 6.45) is 3.70. The third-order valence-corrected chi connectivity index (χ3v) is 3.77. The van der Waals surface area contributed by atoms with Gasteiger partial charge in [0.05, 0.1) is 6.04 Å². The molecule has 2 atom stereocenters. The molecule has 0 aliphatic rings. The van der Waals surface area contributed by atoms with E-state index in [0.29, 0.717) is 6.42 Å². The zero-order valence-electron chi connectivity index (χ0n) is 13.0. The van der Waals surface area contributed by atoms with Crippen LogP contribution in [0.3, 0.4) is 0 Å². The number of unbranched alkanes of at least 4 members (excludes halogenated alkanes) is 1. The second-order valence-corrected chi connectivity index (χ2v) is 5.44. The highest BCUT2D eigenvalue weighted by atomic mass is 16.2. The first kappa shape index (κ1) is 16.7. The maximum absolute atomic E-state index is 12.6. The van der Waals surface area contributed by atoms with Crippen molar-refractivity contribution in [2.45, 2.75) is 58.5 Å². The number of hydrogen-bond acceptors (Lipinski definition) is 2. The van der Waals surface area contributed by atoms with E-state index in [-0.39, 0.29) is 11.9 Å². The first-order valence-electron chi connectivity index (χ1n) is 7.70. The largest absolute Gasteiger partial charge is 0.339 e. The number of nitrogens with zero attached hydrogens (tertiary/aromatic N) is 1. The smallest absolute Gasteiger partial charge is 0.240 e. The van der Waals surface area contributed by atoms with Gasteiger partial charge in [0.25, 0.3) is 0 Å². The second kappa shape index (κ2) is 8.75. The van der Waals surface area contributed by atoms with Gasteiger partial charge < -0.3 is 10.6 Å². The van der Waals surface area contributed by atoms with Crippen LogP contribution in [0, 0.1) is 0 Å². The van der Waals surface area contributed by atoms with Gasteiger partial charge in [0.1, 0.15) is 0 Å². The van der Waals surface area contributed by atoms with E-state index < -0.39 is 6.04 Å². The number of carbonyl (C=O) groups is 1. The van der Waals surface area contributed by atoms with Crippen LogP contribution in [-0.2, 0) is 11.2 Å². The summed E-state index contributed by atoms with van der Waals surface area (Å²) < 4.78 is 0. The Balaban J connectivity index is 2.67. The van der Waals surface area contributed by atoms with Gasteiger partial charge in [-0.25, -0.2) is 0 Å². The fourth-order valence-electron chi connectivity index (χ4n) is 2.26. The predicted molar refractivity (Wildman–Crippen MR) is 84.5 cm³/mol. The third kappa shape index (κ3) is 4.97. The lowest BCUT2D eigenvalue weighted by Gasteiger charge is -2.31. The molecule has 1 aromatic carbocycles. The zero-order chi connectivity index (χ0) is 15.0. The summed E-state index contributed by atoms with van der Waals surface area (Å²) in [7, 11) is 0. The summed E-state index contributed by atoms with van der Waals surface area (Å²) >= 11 is 0.